The Morgan fingerprint density at radius 2 is 2.40 bits per heavy atom. The van der Waals surface area contributed by atoms with Crippen LogP contribution in [0.2, 0.25) is 0 Å². The van der Waals surface area contributed by atoms with Crippen molar-refractivity contribution in [3.8, 4) is 6.07 Å². The van der Waals surface area contributed by atoms with Gasteiger partial charge in [-0.1, -0.05) is 13.0 Å². The smallest absolute Gasteiger partial charge is 0.181 e. The number of nitrogens with zero attached hydrogens (tertiary/aromatic N) is 2. The summed E-state index contributed by atoms with van der Waals surface area (Å²) < 4.78 is 5.24. The predicted octanol–water partition coefficient (Wildman–Crippen LogP) is 2.63. The van der Waals surface area contributed by atoms with E-state index in [-0.39, 0.29) is 5.41 Å². The molecule has 3 rings (SSSR count). The van der Waals surface area contributed by atoms with Crippen LogP contribution < -0.4 is 0 Å². The van der Waals surface area contributed by atoms with Crippen molar-refractivity contribution in [2.75, 3.05) is 0 Å². The van der Waals surface area contributed by atoms with E-state index in [0.717, 1.165) is 23.1 Å². The molecule has 1 heterocycles. The largest absolute Gasteiger partial charge is 0.443 e. The van der Waals surface area contributed by atoms with E-state index < -0.39 is 0 Å². The first-order valence-corrected chi connectivity index (χ1v) is 5.01. The number of aromatic nitrogens is 1. The van der Waals surface area contributed by atoms with E-state index in [1.54, 1.807) is 0 Å². The molecule has 1 fully saturated rings. The Kier molecular flexibility index (Phi) is 1.47. The molecule has 3 nitrogen and oxygen atoms in total. The summed E-state index contributed by atoms with van der Waals surface area (Å²) in [6, 6.07) is 8.25. The lowest BCUT2D eigenvalue weighted by Gasteiger charge is -2.06. The minimum absolute atomic E-state index is 0.277. The number of rotatable bonds is 1. The average molecular weight is 198 g/mol. The molecule has 15 heavy (non-hydrogen) atoms. The zero-order valence-electron chi connectivity index (χ0n) is 8.40. The van der Waals surface area contributed by atoms with Gasteiger partial charge in [0.1, 0.15) is 5.52 Å². The third-order valence-corrected chi connectivity index (χ3v) is 3.36. The molecule has 0 saturated heterocycles. The first-order valence-electron chi connectivity index (χ1n) is 5.01. The summed E-state index contributed by atoms with van der Waals surface area (Å²) in [6.07, 6.45) is 2.38. The van der Waals surface area contributed by atoms with Gasteiger partial charge in [-0.15, -0.1) is 0 Å². The monoisotopic (exact) mass is 198 g/mol. The number of hydrogen-bond donors (Lipinski definition) is 0. The molecule has 0 spiro atoms. The fourth-order valence-corrected chi connectivity index (χ4v) is 2.18. The third-order valence-electron chi connectivity index (χ3n) is 3.36. The highest BCUT2D eigenvalue weighted by Gasteiger charge is 2.53. The van der Waals surface area contributed by atoms with Crippen LogP contribution in [0.5, 0.6) is 0 Å². The van der Waals surface area contributed by atoms with Crippen molar-refractivity contribution in [3.05, 3.63) is 30.2 Å². The van der Waals surface area contributed by atoms with Gasteiger partial charge in [-0.05, 0) is 30.0 Å². The summed E-state index contributed by atoms with van der Waals surface area (Å²) in [5.41, 5.74) is 2.39. The van der Waals surface area contributed by atoms with Gasteiger partial charge in [0.15, 0.2) is 12.0 Å². The van der Waals surface area contributed by atoms with E-state index >= 15 is 0 Å². The fraction of sp³-hybridized carbons (Fsp3) is 0.333. The maximum Gasteiger partial charge on any atom is 0.181 e. The Hall–Kier alpha value is -1.82. The van der Waals surface area contributed by atoms with Gasteiger partial charge < -0.3 is 4.42 Å². The van der Waals surface area contributed by atoms with Gasteiger partial charge in [-0.3, -0.25) is 0 Å². The SMILES string of the molecule is CC1CC1(C#N)c1ccc2ncoc2c1. The second kappa shape index (κ2) is 2.60. The second-order valence-electron chi connectivity index (χ2n) is 4.22. The van der Waals surface area contributed by atoms with E-state index in [1.165, 1.54) is 6.39 Å². The average Bonchev–Trinajstić information content (AvgIpc) is 2.74. The lowest BCUT2D eigenvalue weighted by atomic mass is 9.95. The molecule has 1 saturated carbocycles. The summed E-state index contributed by atoms with van der Waals surface area (Å²) in [6.45, 7) is 2.10. The lowest BCUT2D eigenvalue weighted by molar-refractivity contribution is 0.601. The lowest BCUT2D eigenvalue weighted by Crippen LogP contribution is -2.05. The standard InChI is InChI=1S/C12H10N2O/c1-8-5-12(8,6-13)9-2-3-10-11(4-9)15-7-14-10/h2-4,7-8H,5H2,1H3. The van der Waals surface area contributed by atoms with Crippen molar-refractivity contribution >= 4 is 11.1 Å². The van der Waals surface area contributed by atoms with Crippen molar-refractivity contribution in [1.29, 1.82) is 5.26 Å². The van der Waals surface area contributed by atoms with Crippen LogP contribution in [0.3, 0.4) is 0 Å². The van der Waals surface area contributed by atoms with Crippen molar-refractivity contribution in [2.45, 2.75) is 18.8 Å². The Labute approximate surface area is 87.3 Å². The van der Waals surface area contributed by atoms with Gasteiger partial charge in [0, 0.05) is 0 Å². The van der Waals surface area contributed by atoms with E-state index in [0.29, 0.717) is 5.92 Å². The van der Waals surface area contributed by atoms with Crippen LogP contribution in [0.25, 0.3) is 11.1 Å². The Morgan fingerprint density at radius 1 is 1.60 bits per heavy atom. The molecule has 1 aromatic carbocycles. The number of benzene rings is 1. The van der Waals surface area contributed by atoms with Gasteiger partial charge in [0.05, 0.1) is 11.5 Å². The van der Waals surface area contributed by atoms with E-state index in [4.69, 9.17) is 4.42 Å². The van der Waals surface area contributed by atoms with Crippen molar-refractivity contribution in [3.63, 3.8) is 0 Å². The van der Waals surface area contributed by atoms with Crippen LogP contribution in [0.1, 0.15) is 18.9 Å². The molecule has 1 aliphatic carbocycles. The van der Waals surface area contributed by atoms with Gasteiger partial charge in [0.25, 0.3) is 0 Å². The zero-order valence-corrected chi connectivity index (χ0v) is 8.40. The summed E-state index contributed by atoms with van der Waals surface area (Å²) in [7, 11) is 0. The number of nitriles is 1. The normalized spacial score (nSPS) is 28.9. The van der Waals surface area contributed by atoms with Gasteiger partial charge in [-0.25, -0.2) is 4.98 Å². The zero-order chi connectivity index (χ0) is 10.5. The summed E-state index contributed by atoms with van der Waals surface area (Å²) in [5.74, 6) is 0.447. The predicted molar refractivity (Wildman–Crippen MR) is 55.1 cm³/mol. The Morgan fingerprint density at radius 3 is 3.07 bits per heavy atom. The van der Waals surface area contributed by atoms with E-state index in [2.05, 4.69) is 18.0 Å². The first-order chi connectivity index (χ1) is 7.26. The van der Waals surface area contributed by atoms with Crippen molar-refractivity contribution < 1.29 is 4.42 Å². The Bertz CT molecular complexity index is 566. The molecule has 74 valence electrons. The van der Waals surface area contributed by atoms with Crippen LogP contribution >= 0.6 is 0 Å². The molecule has 2 unspecified atom stereocenters. The van der Waals surface area contributed by atoms with E-state index in [1.807, 2.05) is 18.2 Å². The summed E-state index contributed by atoms with van der Waals surface area (Å²) in [4.78, 5) is 4.06. The molecule has 3 heteroatoms. The first kappa shape index (κ1) is 8.49. The van der Waals surface area contributed by atoms with Crippen molar-refractivity contribution in [1.82, 2.24) is 4.98 Å². The maximum absolute atomic E-state index is 9.21. The minimum Gasteiger partial charge on any atom is -0.443 e. The minimum atomic E-state index is -0.277. The quantitative estimate of drug-likeness (QED) is 0.707. The molecule has 0 bridgehead atoms. The molecule has 0 N–H and O–H groups in total. The fourth-order valence-electron chi connectivity index (χ4n) is 2.18. The van der Waals surface area contributed by atoms with Crippen LogP contribution in [0.15, 0.2) is 29.0 Å². The van der Waals surface area contributed by atoms with Crippen molar-refractivity contribution in [2.24, 2.45) is 5.92 Å². The third kappa shape index (κ3) is 1.02. The number of fused-ring (bicyclic) bond motifs is 1. The second-order valence-corrected chi connectivity index (χ2v) is 4.22. The molecule has 1 aromatic heterocycles. The van der Waals surface area contributed by atoms with Gasteiger partial charge >= 0.3 is 0 Å². The number of hydrogen-bond acceptors (Lipinski definition) is 3. The molecule has 0 amide bonds. The topological polar surface area (TPSA) is 49.8 Å². The van der Waals surface area contributed by atoms with Crippen LogP contribution in [0, 0.1) is 17.2 Å². The summed E-state index contributed by atoms with van der Waals surface area (Å²) >= 11 is 0. The molecular weight excluding hydrogens is 188 g/mol. The molecule has 0 aliphatic heterocycles. The molecule has 0 radical (unpaired) electrons. The van der Waals surface area contributed by atoms with Crippen LogP contribution in [0.4, 0.5) is 0 Å². The van der Waals surface area contributed by atoms with Gasteiger partial charge in [0.2, 0.25) is 0 Å². The Balaban J connectivity index is 2.16. The highest BCUT2D eigenvalue weighted by Crippen LogP contribution is 2.53. The van der Waals surface area contributed by atoms with Crippen LogP contribution in [-0.2, 0) is 5.41 Å². The number of oxazole rings is 1. The maximum atomic E-state index is 9.21. The van der Waals surface area contributed by atoms with Crippen LogP contribution in [-0.4, -0.2) is 4.98 Å². The molecule has 2 atom stereocenters. The highest BCUT2D eigenvalue weighted by molar-refractivity contribution is 5.73. The highest BCUT2D eigenvalue weighted by atomic mass is 16.3. The molecular formula is C12H10N2O. The molecule has 2 aromatic rings. The molecule has 1 aliphatic rings. The summed E-state index contributed by atoms with van der Waals surface area (Å²) in [5, 5.41) is 9.21. The van der Waals surface area contributed by atoms with Gasteiger partial charge in [-0.2, -0.15) is 5.26 Å². The van der Waals surface area contributed by atoms with E-state index in [9.17, 15) is 5.26 Å².